The van der Waals surface area contributed by atoms with Gasteiger partial charge >= 0.3 is 0 Å². The predicted molar refractivity (Wildman–Crippen MR) is 73.8 cm³/mol. The normalized spacial score (nSPS) is 24.8. The topological polar surface area (TPSA) is 32.3 Å². The molecule has 0 saturated heterocycles. The van der Waals surface area contributed by atoms with Crippen LogP contribution in [0.25, 0.3) is 0 Å². The summed E-state index contributed by atoms with van der Waals surface area (Å²) in [4.78, 5) is 0. The molecule has 1 atom stereocenters. The van der Waals surface area contributed by atoms with Crippen LogP contribution in [0.3, 0.4) is 0 Å². The summed E-state index contributed by atoms with van der Waals surface area (Å²) in [7, 11) is 0. The lowest BCUT2D eigenvalue weighted by Crippen LogP contribution is -2.36. The summed E-state index contributed by atoms with van der Waals surface area (Å²) in [6.07, 6.45) is 10.4. The first-order valence-corrected chi connectivity index (χ1v) is 7.41. The zero-order valence-electron chi connectivity index (χ0n) is 11.0. The molecule has 0 aliphatic heterocycles. The summed E-state index contributed by atoms with van der Waals surface area (Å²) in [5.41, 5.74) is 2.76. The predicted octanol–water partition coefficient (Wildman–Crippen LogP) is 3.69. The summed E-state index contributed by atoms with van der Waals surface area (Å²) in [6, 6.07) is 7.12. The molecule has 0 radical (unpaired) electrons. The van der Waals surface area contributed by atoms with Crippen LogP contribution in [0.2, 0.25) is 0 Å². The SMILES string of the molecule is Oc1ccc2c(c1)CCCC2NC1CCCCC1. The Bertz CT molecular complexity index is 410. The second-order valence-corrected chi connectivity index (χ2v) is 5.83. The number of fused-ring (bicyclic) bond motifs is 1. The van der Waals surface area contributed by atoms with E-state index >= 15 is 0 Å². The molecule has 1 saturated carbocycles. The molecule has 0 amide bonds. The highest BCUT2D eigenvalue weighted by Gasteiger charge is 2.23. The minimum Gasteiger partial charge on any atom is -0.508 e. The number of aromatic hydroxyl groups is 1. The number of benzene rings is 1. The molecule has 2 N–H and O–H groups in total. The zero-order valence-corrected chi connectivity index (χ0v) is 11.0. The third kappa shape index (κ3) is 2.54. The van der Waals surface area contributed by atoms with Crippen molar-refractivity contribution >= 4 is 0 Å². The largest absolute Gasteiger partial charge is 0.508 e. The van der Waals surface area contributed by atoms with Crippen molar-refractivity contribution in [1.29, 1.82) is 0 Å². The standard InChI is InChI=1S/C16H23NO/c18-14-9-10-15-12(11-14)5-4-8-16(15)17-13-6-2-1-3-7-13/h9-11,13,16-18H,1-8H2. The van der Waals surface area contributed by atoms with Gasteiger partial charge in [0.25, 0.3) is 0 Å². The number of phenols is 1. The second-order valence-electron chi connectivity index (χ2n) is 5.83. The number of rotatable bonds is 2. The quantitative estimate of drug-likeness (QED) is 0.833. The van der Waals surface area contributed by atoms with Crippen LogP contribution in [0, 0.1) is 0 Å². The molecule has 2 nitrogen and oxygen atoms in total. The van der Waals surface area contributed by atoms with E-state index in [4.69, 9.17) is 0 Å². The molecule has 18 heavy (non-hydrogen) atoms. The van der Waals surface area contributed by atoms with E-state index in [9.17, 15) is 5.11 Å². The van der Waals surface area contributed by atoms with Crippen LogP contribution < -0.4 is 5.32 Å². The van der Waals surface area contributed by atoms with Crippen LogP contribution in [0.1, 0.15) is 62.1 Å². The third-order valence-electron chi connectivity index (χ3n) is 4.48. The van der Waals surface area contributed by atoms with E-state index in [1.54, 1.807) is 0 Å². The van der Waals surface area contributed by atoms with Crippen molar-refractivity contribution in [1.82, 2.24) is 5.32 Å². The van der Waals surface area contributed by atoms with Gasteiger partial charge < -0.3 is 10.4 Å². The van der Waals surface area contributed by atoms with Gasteiger partial charge in [0.05, 0.1) is 0 Å². The maximum absolute atomic E-state index is 9.58. The van der Waals surface area contributed by atoms with E-state index in [-0.39, 0.29) is 0 Å². The van der Waals surface area contributed by atoms with Gasteiger partial charge in [-0.15, -0.1) is 0 Å². The van der Waals surface area contributed by atoms with E-state index in [2.05, 4.69) is 11.4 Å². The average molecular weight is 245 g/mol. The Balaban J connectivity index is 1.74. The smallest absolute Gasteiger partial charge is 0.115 e. The number of aryl methyl sites for hydroxylation is 1. The molecule has 0 heterocycles. The molecule has 0 aromatic heterocycles. The van der Waals surface area contributed by atoms with Crippen LogP contribution in [0.15, 0.2) is 18.2 Å². The molecular weight excluding hydrogens is 222 g/mol. The van der Waals surface area contributed by atoms with Gasteiger partial charge in [-0.2, -0.15) is 0 Å². The van der Waals surface area contributed by atoms with E-state index in [1.807, 2.05) is 12.1 Å². The Labute approximate surface area is 109 Å². The lowest BCUT2D eigenvalue weighted by atomic mass is 9.86. The van der Waals surface area contributed by atoms with Crippen molar-refractivity contribution in [3.63, 3.8) is 0 Å². The van der Waals surface area contributed by atoms with Gasteiger partial charge in [-0.25, -0.2) is 0 Å². The molecule has 98 valence electrons. The van der Waals surface area contributed by atoms with Crippen molar-refractivity contribution < 1.29 is 5.11 Å². The highest BCUT2D eigenvalue weighted by Crippen LogP contribution is 2.33. The summed E-state index contributed by atoms with van der Waals surface area (Å²) in [5.74, 6) is 0.409. The summed E-state index contributed by atoms with van der Waals surface area (Å²) in [5, 5.41) is 13.4. The van der Waals surface area contributed by atoms with E-state index in [1.165, 1.54) is 56.1 Å². The van der Waals surface area contributed by atoms with Crippen LogP contribution in [0.5, 0.6) is 5.75 Å². The monoisotopic (exact) mass is 245 g/mol. The van der Waals surface area contributed by atoms with Crippen LogP contribution in [-0.4, -0.2) is 11.1 Å². The lowest BCUT2D eigenvalue weighted by Gasteiger charge is -2.32. The first kappa shape index (κ1) is 12.0. The fourth-order valence-electron chi connectivity index (χ4n) is 3.53. The Morgan fingerprint density at radius 3 is 2.67 bits per heavy atom. The van der Waals surface area contributed by atoms with Crippen molar-refractivity contribution in [3.8, 4) is 5.75 Å². The Morgan fingerprint density at radius 2 is 1.83 bits per heavy atom. The Kier molecular flexibility index (Phi) is 3.55. The van der Waals surface area contributed by atoms with Gasteiger partial charge in [0, 0.05) is 12.1 Å². The van der Waals surface area contributed by atoms with Gasteiger partial charge in [0.2, 0.25) is 0 Å². The van der Waals surface area contributed by atoms with Crippen LogP contribution in [0.4, 0.5) is 0 Å². The number of hydrogen-bond acceptors (Lipinski definition) is 2. The molecule has 2 aliphatic carbocycles. The van der Waals surface area contributed by atoms with E-state index in [0.29, 0.717) is 17.8 Å². The molecule has 1 aromatic rings. The number of phenolic OH excluding ortho intramolecular Hbond substituents is 1. The lowest BCUT2D eigenvalue weighted by molar-refractivity contribution is 0.320. The Hall–Kier alpha value is -1.02. The van der Waals surface area contributed by atoms with Gasteiger partial charge in [0.1, 0.15) is 5.75 Å². The molecular formula is C16H23NO. The van der Waals surface area contributed by atoms with Crippen molar-refractivity contribution in [2.75, 3.05) is 0 Å². The van der Waals surface area contributed by atoms with Crippen LogP contribution in [-0.2, 0) is 6.42 Å². The summed E-state index contributed by atoms with van der Waals surface area (Å²) in [6.45, 7) is 0. The molecule has 0 spiro atoms. The summed E-state index contributed by atoms with van der Waals surface area (Å²) < 4.78 is 0. The van der Waals surface area contributed by atoms with Crippen LogP contribution >= 0.6 is 0 Å². The fraction of sp³-hybridized carbons (Fsp3) is 0.625. The highest BCUT2D eigenvalue weighted by atomic mass is 16.3. The number of nitrogens with one attached hydrogen (secondary N) is 1. The fourth-order valence-corrected chi connectivity index (χ4v) is 3.53. The van der Waals surface area contributed by atoms with Gasteiger partial charge in [-0.1, -0.05) is 25.3 Å². The second kappa shape index (κ2) is 5.31. The molecule has 0 bridgehead atoms. The first-order chi connectivity index (χ1) is 8.83. The maximum atomic E-state index is 9.58. The first-order valence-electron chi connectivity index (χ1n) is 7.41. The minimum absolute atomic E-state index is 0.409. The molecule has 2 aliphatic rings. The highest BCUT2D eigenvalue weighted by molar-refractivity contribution is 5.38. The van der Waals surface area contributed by atoms with Gasteiger partial charge in [-0.05, 0) is 55.4 Å². The number of hydrogen-bond donors (Lipinski definition) is 2. The van der Waals surface area contributed by atoms with Crippen molar-refractivity contribution in [2.24, 2.45) is 0 Å². The molecule has 1 aromatic carbocycles. The van der Waals surface area contributed by atoms with Crippen molar-refractivity contribution in [3.05, 3.63) is 29.3 Å². The maximum Gasteiger partial charge on any atom is 0.115 e. The molecule has 1 fully saturated rings. The van der Waals surface area contributed by atoms with Crippen molar-refractivity contribution in [2.45, 2.75) is 63.5 Å². The Morgan fingerprint density at radius 1 is 1.00 bits per heavy atom. The van der Waals surface area contributed by atoms with E-state index < -0.39 is 0 Å². The molecule has 3 rings (SSSR count). The van der Waals surface area contributed by atoms with E-state index in [0.717, 1.165) is 6.42 Å². The third-order valence-corrected chi connectivity index (χ3v) is 4.48. The average Bonchev–Trinajstić information content (AvgIpc) is 2.40. The molecule has 1 unspecified atom stereocenters. The summed E-state index contributed by atoms with van der Waals surface area (Å²) >= 11 is 0. The molecule has 2 heteroatoms. The zero-order chi connectivity index (χ0) is 12.4. The minimum atomic E-state index is 0.409. The van der Waals surface area contributed by atoms with Gasteiger partial charge in [0.15, 0.2) is 0 Å². The van der Waals surface area contributed by atoms with Gasteiger partial charge in [-0.3, -0.25) is 0 Å².